The summed E-state index contributed by atoms with van der Waals surface area (Å²) in [6, 6.07) is 9.33. The van der Waals surface area contributed by atoms with Gasteiger partial charge in [-0.2, -0.15) is 0 Å². The number of likely N-dealkylation sites (N-methyl/N-ethyl adjacent to an activating group) is 4. The Balaban J connectivity index is 1.88. The molecule has 408 valence electrons. The van der Waals surface area contributed by atoms with Gasteiger partial charge in [0.15, 0.2) is 12.1 Å². The molecule has 2 aromatic carbocycles. The molecule has 19 heteroatoms. The standard InChI is InChI=1S/C55H82N8O11/c1-14-34(5)44-52(70)60(11)36(7)47(65)57-39(29-33(3)4)50(68)62(13)46(55(8,9)73)54(72)74-45(35(6)15-2)53(71)59(10)32-43(64)56-40(30-37-23-18-16-19-24-37)49(67)61(12)42(31-38-25-20-17-21-26-38)51(69)63-28-22-27-41(63)48(66)58-44/h16-21,23-26,33-36,39-42,44-46,73H,14-15,22,27-32H2,1-13H3,(H,56,64)(H,57,65)(H,58,66)/t34?,35-,36+,39?,40?,41+,42?,44?,45?,46?/m1/s1. The first-order valence-corrected chi connectivity index (χ1v) is 26.0. The van der Waals surface area contributed by atoms with Crippen LogP contribution in [-0.2, 0) is 60.7 Å². The first-order valence-electron chi connectivity index (χ1n) is 26.0. The minimum atomic E-state index is -1.95. The topological polar surface area (TPSA) is 235 Å². The first kappa shape index (κ1) is 60.2. The number of nitrogens with zero attached hydrogens (tertiary/aromatic N) is 5. The normalized spacial score (nSPS) is 26.3. The van der Waals surface area contributed by atoms with E-state index in [4.69, 9.17) is 4.74 Å². The number of nitrogens with one attached hydrogen (secondary N) is 3. The summed E-state index contributed by atoms with van der Waals surface area (Å²) in [4.78, 5) is 136. The third-order valence-electron chi connectivity index (χ3n) is 14.6. The molecule has 0 aliphatic carbocycles. The summed E-state index contributed by atoms with van der Waals surface area (Å²) in [5.74, 6) is -7.62. The first-order chi connectivity index (χ1) is 34.7. The van der Waals surface area contributed by atoms with Crippen LogP contribution in [-0.4, -0.2) is 178 Å². The maximum Gasteiger partial charge on any atom is 0.332 e. The number of amides is 8. The number of hydrogen-bond donors (Lipinski definition) is 4. The molecular formula is C55H82N8O11. The maximum absolute atomic E-state index is 15.1. The van der Waals surface area contributed by atoms with Crippen molar-refractivity contribution < 1.29 is 53.0 Å². The van der Waals surface area contributed by atoms with E-state index < -0.39 is 126 Å². The number of esters is 1. The predicted octanol–water partition coefficient (Wildman–Crippen LogP) is 2.71. The Morgan fingerprint density at radius 2 is 1.22 bits per heavy atom. The highest BCUT2D eigenvalue weighted by molar-refractivity contribution is 5.98. The lowest BCUT2D eigenvalue weighted by molar-refractivity contribution is -0.176. The molecule has 10 atom stereocenters. The third-order valence-corrected chi connectivity index (χ3v) is 14.6. The number of benzene rings is 2. The Hall–Kier alpha value is -6.37. The second kappa shape index (κ2) is 26.7. The Morgan fingerprint density at radius 3 is 1.76 bits per heavy atom. The summed E-state index contributed by atoms with van der Waals surface area (Å²) in [5.41, 5.74) is -0.533. The average Bonchev–Trinajstić information content (AvgIpc) is 3.86. The summed E-state index contributed by atoms with van der Waals surface area (Å²) in [6.07, 6.45) is 0.176. The molecule has 2 aliphatic rings. The molecule has 4 N–H and O–H groups in total. The minimum absolute atomic E-state index is 0.00329. The van der Waals surface area contributed by atoms with Crippen LogP contribution < -0.4 is 16.0 Å². The second-order valence-corrected chi connectivity index (χ2v) is 21.3. The number of carbonyl (C=O) groups excluding carboxylic acids is 9. The van der Waals surface area contributed by atoms with Crippen molar-refractivity contribution >= 4 is 53.2 Å². The summed E-state index contributed by atoms with van der Waals surface area (Å²) in [6.45, 7) is 14.5. The minimum Gasteiger partial charge on any atom is -0.450 e. The van der Waals surface area contributed by atoms with Crippen LogP contribution in [0.4, 0.5) is 0 Å². The molecule has 0 saturated carbocycles. The van der Waals surface area contributed by atoms with Crippen molar-refractivity contribution in [1.29, 1.82) is 0 Å². The Morgan fingerprint density at radius 1 is 0.662 bits per heavy atom. The lowest BCUT2D eigenvalue weighted by atomic mass is 9.94. The van der Waals surface area contributed by atoms with Crippen LogP contribution in [0.2, 0.25) is 0 Å². The smallest absolute Gasteiger partial charge is 0.332 e. The van der Waals surface area contributed by atoms with Crippen molar-refractivity contribution in [2.75, 3.05) is 41.3 Å². The largest absolute Gasteiger partial charge is 0.450 e. The summed E-state index contributed by atoms with van der Waals surface area (Å²) in [7, 11) is 5.52. The van der Waals surface area contributed by atoms with Gasteiger partial charge < -0.3 is 50.3 Å². The van der Waals surface area contributed by atoms with Gasteiger partial charge in [0, 0.05) is 53.5 Å². The molecule has 2 aliphatic heterocycles. The van der Waals surface area contributed by atoms with Gasteiger partial charge >= 0.3 is 5.97 Å². The van der Waals surface area contributed by atoms with Gasteiger partial charge in [-0.1, -0.05) is 109 Å². The quantitative estimate of drug-likeness (QED) is 0.239. The van der Waals surface area contributed by atoms with Crippen molar-refractivity contribution in [2.24, 2.45) is 17.8 Å². The Kier molecular flexibility index (Phi) is 21.7. The van der Waals surface area contributed by atoms with E-state index >= 15 is 4.79 Å². The van der Waals surface area contributed by atoms with Gasteiger partial charge in [-0.05, 0) is 69.4 Å². The monoisotopic (exact) mass is 1030 g/mol. The number of rotatable bonds is 11. The van der Waals surface area contributed by atoms with Crippen LogP contribution in [0.1, 0.15) is 106 Å². The lowest BCUT2D eigenvalue weighted by Gasteiger charge is -2.38. The van der Waals surface area contributed by atoms with E-state index in [0.717, 1.165) is 15.4 Å². The van der Waals surface area contributed by atoms with Crippen molar-refractivity contribution in [3.63, 3.8) is 0 Å². The molecule has 74 heavy (non-hydrogen) atoms. The molecule has 2 saturated heterocycles. The van der Waals surface area contributed by atoms with Crippen LogP contribution >= 0.6 is 0 Å². The van der Waals surface area contributed by atoms with E-state index in [0.29, 0.717) is 24.8 Å². The van der Waals surface area contributed by atoms with Gasteiger partial charge in [0.05, 0.1) is 12.1 Å². The highest BCUT2D eigenvalue weighted by atomic mass is 16.6. The lowest BCUT2D eigenvalue weighted by Crippen LogP contribution is -2.62. The molecular weight excluding hydrogens is 949 g/mol. The van der Waals surface area contributed by atoms with Gasteiger partial charge in [0.25, 0.3) is 5.91 Å². The van der Waals surface area contributed by atoms with Gasteiger partial charge in [0.1, 0.15) is 36.3 Å². The van der Waals surface area contributed by atoms with E-state index in [1.165, 1.54) is 63.7 Å². The van der Waals surface area contributed by atoms with Crippen molar-refractivity contribution in [3.8, 4) is 0 Å². The number of carbonyl (C=O) groups is 9. The van der Waals surface area contributed by atoms with Crippen molar-refractivity contribution in [2.45, 2.75) is 161 Å². The molecule has 2 fully saturated rings. The molecule has 2 aromatic rings. The highest BCUT2D eigenvalue weighted by Gasteiger charge is 2.46. The zero-order valence-corrected chi connectivity index (χ0v) is 45.8. The van der Waals surface area contributed by atoms with Gasteiger partial charge in [0.2, 0.25) is 41.4 Å². The fraction of sp³-hybridized carbons (Fsp3) is 0.618. The number of cyclic esters (lactones) is 1. The molecule has 8 amide bonds. The van der Waals surface area contributed by atoms with Crippen LogP contribution in [0.15, 0.2) is 60.7 Å². The SMILES string of the molecule is CCC(C)C1NC(=O)[C@@H]2CCCN2C(=O)C(Cc2ccccc2)N(C)C(=O)C(Cc2ccccc2)NC(=O)CN(C)C(=O)C([C@H](C)CC)OC(=O)C(C(C)(C)O)N(C)C(=O)C(CC(C)C)NC(=O)[C@H](C)N(C)C1=O. The number of hydrogen-bond acceptors (Lipinski definition) is 11. The summed E-state index contributed by atoms with van der Waals surface area (Å²) < 4.78 is 5.93. The fourth-order valence-corrected chi connectivity index (χ4v) is 9.53. The summed E-state index contributed by atoms with van der Waals surface area (Å²) in [5, 5.41) is 20.0. The van der Waals surface area contributed by atoms with E-state index in [9.17, 15) is 43.5 Å². The van der Waals surface area contributed by atoms with E-state index in [1.807, 2.05) is 51.1 Å². The molecule has 0 bridgehead atoms. The number of ether oxygens (including phenoxy) is 1. The zero-order chi connectivity index (χ0) is 55.4. The Labute approximate surface area is 437 Å². The van der Waals surface area contributed by atoms with Gasteiger partial charge in [-0.25, -0.2) is 4.79 Å². The van der Waals surface area contributed by atoms with Crippen molar-refractivity contribution in [3.05, 3.63) is 71.8 Å². The van der Waals surface area contributed by atoms with E-state index in [2.05, 4.69) is 16.0 Å². The number of fused-ring (bicyclic) bond motifs is 1. The molecule has 0 aromatic heterocycles. The Bertz CT molecular complexity index is 2290. The average molecular weight is 1030 g/mol. The maximum atomic E-state index is 15.1. The van der Waals surface area contributed by atoms with Crippen LogP contribution in [0.25, 0.3) is 0 Å². The molecule has 2 heterocycles. The molecule has 4 rings (SSSR count). The predicted molar refractivity (Wildman–Crippen MR) is 278 cm³/mol. The summed E-state index contributed by atoms with van der Waals surface area (Å²) >= 11 is 0. The van der Waals surface area contributed by atoms with Crippen LogP contribution in [0.5, 0.6) is 0 Å². The number of aliphatic hydroxyl groups is 1. The fourth-order valence-electron chi connectivity index (χ4n) is 9.53. The second-order valence-electron chi connectivity index (χ2n) is 21.3. The van der Waals surface area contributed by atoms with Gasteiger partial charge in [-0.15, -0.1) is 0 Å². The molecule has 0 radical (unpaired) electrons. The highest BCUT2D eigenvalue weighted by Crippen LogP contribution is 2.26. The van der Waals surface area contributed by atoms with E-state index in [-0.39, 0.29) is 38.1 Å². The van der Waals surface area contributed by atoms with Crippen LogP contribution in [0, 0.1) is 17.8 Å². The zero-order valence-electron chi connectivity index (χ0n) is 45.8. The van der Waals surface area contributed by atoms with E-state index in [1.54, 1.807) is 51.1 Å². The molecule has 0 spiro atoms. The molecule has 7 unspecified atom stereocenters. The third kappa shape index (κ3) is 15.4. The van der Waals surface area contributed by atoms with Crippen LogP contribution in [0.3, 0.4) is 0 Å². The van der Waals surface area contributed by atoms with Crippen molar-refractivity contribution in [1.82, 2.24) is 40.4 Å². The van der Waals surface area contributed by atoms with Gasteiger partial charge in [-0.3, -0.25) is 38.4 Å². The molecule has 19 nitrogen and oxygen atoms in total.